The van der Waals surface area contributed by atoms with Crippen LogP contribution in [0.4, 0.5) is 0 Å². The number of benzene rings is 6. The summed E-state index contributed by atoms with van der Waals surface area (Å²) in [5, 5.41) is 6.85. The zero-order chi connectivity index (χ0) is 29.5. The van der Waals surface area contributed by atoms with E-state index in [1.165, 1.54) is 20.2 Å². The van der Waals surface area contributed by atoms with E-state index in [9.17, 15) is 0 Å². The molecule has 0 aliphatic heterocycles. The van der Waals surface area contributed by atoms with Crippen LogP contribution < -0.4 is 0 Å². The van der Waals surface area contributed by atoms with Crippen LogP contribution in [0.25, 0.3) is 98.0 Å². The van der Waals surface area contributed by atoms with Gasteiger partial charge in [-0.25, -0.2) is 9.97 Å². The van der Waals surface area contributed by atoms with Crippen LogP contribution in [0.2, 0.25) is 0 Å². The normalized spacial score (nSPS) is 12.0. The minimum atomic E-state index is 0.650. The molecule has 4 nitrogen and oxygen atoms in total. The first-order valence-corrected chi connectivity index (χ1v) is 15.7. The van der Waals surface area contributed by atoms with Crippen LogP contribution in [0.5, 0.6) is 0 Å². The van der Waals surface area contributed by atoms with Gasteiger partial charge in [-0.05, 0) is 66.7 Å². The number of nitrogens with zero attached hydrogens (tertiary/aromatic N) is 2. The Labute approximate surface area is 260 Å². The molecule has 0 aliphatic rings. The topological polar surface area (TPSA) is 52.1 Å². The second-order valence-electron chi connectivity index (χ2n) is 11.4. The van der Waals surface area contributed by atoms with Gasteiger partial charge in [0.2, 0.25) is 0 Å². The second-order valence-corrected chi connectivity index (χ2v) is 12.5. The van der Waals surface area contributed by atoms with E-state index in [0.717, 1.165) is 72.0 Å². The molecule has 0 unspecified atom stereocenters. The quantitative estimate of drug-likeness (QED) is 0.204. The molecule has 0 atom stereocenters. The number of hydrogen-bond acceptors (Lipinski definition) is 5. The first-order chi connectivity index (χ1) is 22.2. The summed E-state index contributed by atoms with van der Waals surface area (Å²) in [5.74, 6) is 0.650. The third kappa shape index (κ3) is 3.84. The lowest BCUT2D eigenvalue weighted by Crippen LogP contribution is -1.96. The smallest absolute Gasteiger partial charge is 0.160 e. The van der Waals surface area contributed by atoms with Gasteiger partial charge in [-0.15, -0.1) is 11.3 Å². The monoisotopic (exact) mass is 594 g/mol. The molecular weight excluding hydrogens is 573 g/mol. The highest BCUT2D eigenvalue weighted by atomic mass is 32.1. The zero-order valence-corrected chi connectivity index (χ0v) is 24.6. The van der Waals surface area contributed by atoms with Gasteiger partial charge in [0.1, 0.15) is 22.3 Å². The lowest BCUT2D eigenvalue weighted by Gasteiger charge is -2.10. The highest BCUT2D eigenvalue weighted by Crippen LogP contribution is 2.38. The van der Waals surface area contributed by atoms with Crippen molar-refractivity contribution in [1.29, 1.82) is 0 Å². The first kappa shape index (κ1) is 24.6. The summed E-state index contributed by atoms with van der Waals surface area (Å²) in [6, 6.07) is 46.2. The van der Waals surface area contributed by atoms with Crippen LogP contribution in [0.1, 0.15) is 0 Å². The van der Waals surface area contributed by atoms with Gasteiger partial charge in [-0.3, -0.25) is 0 Å². The third-order valence-electron chi connectivity index (χ3n) is 8.71. The molecule has 210 valence electrons. The number of hydrogen-bond donors (Lipinski definition) is 0. The SMILES string of the molecule is c1ccc2c(c1)oc1cc(-c3nc(-c4ccc5oc6ccccc6c5c4)cc(-c4ccc5sc6ccccc6c5c4)n3)ccc12. The van der Waals surface area contributed by atoms with Crippen LogP contribution in [0, 0.1) is 0 Å². The van der Waals surface area contributed by atoms with E-state index in [1.54, 1.807) is 0 Å². The van der Waals surface area contributed by atoms with E-state index in [4.69, 9.17) is 18.8 Å². The fourth-order valence-corrected chi connectivity index (χ4v) is 7.59. The zero-order valence-electron chi connectivity index (χ0n) is 23.8. The standard InChI is InChI=1S/C40H22N2O2S/c1-4-10-34-26(7-1)28-16-13-25(21-37(28)44-34)40-41-32(23-14-17-36-30(19-23)27-8-2-5-11-35(27)43-36)22-33(42-40)24-15-18-39-31(20-24)29-9-3-6-12-38(29)45-39/h1-22H. The first-order valence-electron chi connectivity index (χ1n) is 14.9. The molecule has 0 spiro atoms. The van der Waals surface area contributed by atoms with E-state index < -0.39 is 0 Å². The highest BCUT2D eigenvalue weighted by Gasteiger charge is 2.16. The Morgan fingerprint density at radius 2 is 0.933 bits per heavy atom. The molecule has 0 amide bonds. The fourth-order valence-electron chi connectivity index (χ4n) is 6.51. The Hall–Kier alpha value is -5.78. The molecule has 10 aromatic rings. The highest BCUT2D eigenvalue weighted by molar-refractivity contribution is 7.25. The molecular formula is C40H22N2O2S. The minimum Gasteiger partial charge on any atom is -0.456 e. The van der Waals surface area contributed by atoms with Crippen LogP contribution in [0.15, 0.2) is 142 Å². The van der Waals surface area contributed by atoms with Crippen LogP contribution in [-0.4, -0.2) is 9.97 Å². The van der Waals surface area contributed by atoms with Crippen LogP contribution >= 0.6 is 11.3 Å². The van der Waals surface area contributed by atoms with Gasteiger partial charge in [0.05, 0.1) is 11.4 Å². The van der Waals surface area contributed by atoms with E-state index >= 15 is 0 Å². The van der Waals surface area contributed by atoms with Gasteiger partial charge in [0, 0.05) is 58.4 Å². The summed E-state index contributed by atoms with van der Waals surface area (Å²) in [4.78, 5) is 10.3. The van der Waals surface area contributed by atoms with Crippen molar-refractivity contribution in [2.45, 2.75) is 0 Å². The van der Waals surface area contributed by atoms with Crippen molar-refractivity contribution < 1.29 is 8.83 Å². The summed E-state index contributed by atoms with van der Waals surface area (Å²) in [6.45, 7) is 0. The fraction of sp³-hybridized carbons (Fsp3) is 0. The maximum Gasteiger partial charge on any atom is 0.160 e. The van der Waals surface area contributed by atoms with Gasteiger partial charge in [-0.2, -0.15) is 0 Å². The molecule has 0 radical (unpaired) electrons. The summed E-state index contributed by atoms with van der Waals surface area (Å²) < 4.78 is 14.9. The molecule has 5 heteroatoms. The summed E-state index contributed by atoms with van der Waals surface area (Å²) in [6.07, 6.45) is 0. The number of fused-ring (bicyclic) bond motifs is 9. The molecule has 0 fully saturated rings. The number of aromatic nitrogens is 2. The lowest BCUT2D eigenvalue weighted by molar-refractivity contribution is 0.668. The van der Waals surface area contributed by atoms with Crippen molar-refractivity contribution in [2.24, 2.45) is 0 Å². The number of para-hydroxylation sites is 2. The number of thiophene rings is 1. The van der Waals surface area contributed by atoms with E-state index in [0.29, 0.717) is 5.82 Å². The van der Waals surface area contributed by atoms with Gasteiger partial charge in [0.25, 0.3) is 0 Å². The van der Waals surface area contributed by atoms with E-state index in [-0.39, 0.29) is 0 Å². The van der Waals surface area contributed by atoms with Crippen molar-refractivity contribution in [2.75, 3.05) is 0 Å². The molecule has 10 rings (SSSR count). The average molecular weight is 595 g/mol. The summed E-state index contributed by atoms with van der Waals surface area (Å²) in [7, 11) is 0. The van der Waals surface area contributed by atoms with Gasteiger partial charge < -0.3 is 8.83 Å². The summed E-state index contributed by atoms with van der Waals surface area (Å²) in [5.41, 5.74) is 8.11. The Kier molecular flexibility index (Phi) is 5.12. The second kappa shape index (κ2) is 9.36. The average Bonchev–Trinajstić information content (AvgIpc) is 3.78. The van der Waals surface area contributed by atoms with E-state index in [2.05, 4.69) is 91.0 Å². The number of rotatable bonds is 3. The molecule has 0 saturated heterocycles. The molecule has 0 bridgehead atoms. The molecule has 6 aromatic carbocycles. The molecule has 4 aromatic heterocycles. The van der Waals surface area contributed by atoms with E-state index in [1.807, 2.05) is 53.8 Å². The van der Waals surface area contributed by atoms with Gasteiger partial charge >= 0.3 is 0 Å². The maximum atomic E-state index is 6.24. The predicted molar refractivity (Wildman–Crippen MR) is 186 cm³/mol. The Morgan fingerprint density at radius 3 is 1.73 bits per heavy atom. The summed E-state index contributed by atoms with van der Waals surface area (Å²) >= 11 is 1.82. The third-order valence-corrected chi connectivity index (χ3v) is 9.86. The van der Waals surface area contributed by atoms with Crippen LogP contribution in [-0.2, 0) is 0 Å². The minimum absolute atomic E-state index is 0.650. The molecule has 0 aliphatic carbocycles. The Balaban J connectivity index is 1.20. The molecule has 45 heavy (non-hydrogen) atoms. The Bertz CT molecular complexity index is 2650. The van der Waals surface area contributed by atoms with Crippen molar-refractivity contribution in [3.63, 3.8) is 0 Å². The largest absolute Gasteiger partial charge is 0.456 e. The molecule has 0 saturated carbocycles. The van der Waals surface area contributed by atoms with Crippen molar-refractivity contribution in [3.8, 4) is 33.9 Å². The van der Waals surface area contributed by atoms with Crippen LogP contribution in [0.3, 0.4) is 0 Å². The molecule has 0 N–H and O–H groups in total. The van der Waals surface area contributed by atoms with Gasteiger partial charge in [-0.1, -0.05) is 66.7 Å². The maximum absolute atomic E-state index is 6.24. The molecule has 4 heterocycles. The predicted octanol–water partition coefficient (Wildman–Crippen LogP) is 11.6. The van der Waals surface area contributed by atoms with Crippen molar-refractivity contribution in [3.05, 3.63) is 133 Å². The van der Waals surface area contributed by atoms with Crippen molar-refractivity contribution in [1.82, 2.24) is 9.97 Å². The lowest BCUT2D eigenvalue weighted by atomic mass is 10.0. The number of furan rings is 2. The van der Waals surface area contributed by atoms with Gasteiger partial charge in [0.15, 0.2) is 5.82 Å². The Morgan fingerprint density at radius 1 is 0.378 bits per heavy atom. The van der Waals surface area contributed by atoms with Crippen molar-refractivity contribution >= 4 is 75.4 Å².